The van der Waals surface area contributed by atoms with Gasteiger partial charge in [-0.1, -0.05) is 0 Å². The number of nitrogens with zero attached hydrogens (tertiary/aromatic N) is 2. The molecule has 3 aromatic rings. The van der Waals surface area contributed by atoms with Crippen LogP contribution in [0, 0.1) is 10.1 Å². The summed E-state index contributed by atoms with van der Waals surface area (Å²) < 4.78 is 9.98. The van der Waals surface area contributed by atoms with E-state index in [0.717, 1.165) is 16.6 Å². The van der Waals surface area contributed by atoms with Gasteiger partial charge in [0.2, 0.25) is 0 Å². The third kappa shape index (κ3) is 3.94. The molecule has 3 heterocycles. The molecule has 122 valence electrons. The highest BCUT2D eigenvalue weighted by Gasteiger charge is 2.10. The first-order valence-corrected chi connectivity index (χ1v) is 8.50. The van der Waals surface area contributed by atoms with E-state index in [9.17, 15) is 14.9 Å². The fraction of sp³-hybridized carbons (Fsp3) is 0.0667. The molecule has 0 fully saturated rings. The molecule has 0 saturated heterocycles. The summed E-state index contributed by atoms with van der Waals surface area (Å²) >= 11 is 3.07. The Balaban J connectivity index is 1.53. The summed E-state index contributed by atoms with van der Waals surface area (Å²) in [5, 5.41) is 17.2. The molecule has 0 atom stereocenters. The molecule has 0 aromatic carbocycles. The number of carbonyl (C=O) groups is 1. The number of rotatable bonds is 6. The van der Waals surface area contributed by atoms with Crippen molar-refractivity contribution < 1.29 is 18.9 Å². The molecule has 0 radical (unpaired) electrons. The summed E-state index contributed by atoms with van der Waals surface area (Å²) in [5.41, 5.74) is 1.71. The minimum absolute atomic E-state index is 0.0577. The predicted molar refractivity (Wildman–Crippen MR) is 89.6 cm³/mol. The Kier molecular flexibility index (Phi) is 4.82. The monoisotopic (exact) mass is 362 g/mol. The van der Waals surface area contributed by atoms with Gasteiger partial charge in [-0.15, -0.1) is 11.3 Å². The van der Waals surface area contributed by atoms with Crippen molar-refractivity contribution in [3.8, 4) is 10.6 Å². The number of esters is 1. The number of nitro groups is 1. The minimum Gasteiger partial charge on any atom is -0.456 e. The molecule has 9 heteroatoms. The highest BCUT2D eigenvalue weighted by atomic mass is 32.1. The van der Waals surface area contributed by atoms with Crippen molar-refractivity contribution in [2.45, 2.75) is 6.61 Å². The first-order chi connectivity index (χ1) is 11.6. The molecule has 3 aromatic heterocycles. The Bertz CT molecular complexity index is 879. The maximum Gasteiger partial charge on any atom is 0.433 e. The van der Waals surface area contributed by atoms with Gasteiger partial charge in [-0.3, -0.25) is 10.1 Å². The molecule has 0 N–H and O–H groups in total. The Hall–Kier alpha value is -2.78. The lowest BCUT2D eigenvalue weighted by molar-refractivity contribution is -0.402. The number of hydrogen-bond acceptors (Lipinski definition) is 8. The molecule has 0 aliphatic carbocycles. The van der Waals surface area contributed by atoms with Gasteiger partial charge in [0, 0.05) is 22.4 Å². The van der Waals surface area contributed by atoms with E-state index in [0.29, 0.717) is 5.69 Å². The molecule has 0 saturated carbocycles. The molecular formula is C15H10N2O5S2. The van der Waals surface area contributed by atoms with Crippen LogP contribution in [0.3, 0.4) is 0 Å². The van der Waals surface area contributed by atoms with Crippen molar-refractivity contribution in [3.63, 3.8) is 0 Å². The standard InChI is InChI=1S/C15H10N2O5S2/c18-14(4-2-12-1-3-13(22-12)17(19)20)21-7-11-9-24-15(16-11)10-5-6-23-8-10/h1-6,8-9H,7H2/b4-2+. The van der Waals surface area contributed by atoms with E-state index in [2.05, 4.69) is 4.98 Å². The average Bonchev–Trinajstić information content (AvgIpc) is 3.31. The van der Waals surface area contributed by atoms with Crippen molar-refractivity contribution in [2.75, 3.05) is 0 Å². The van der Waals surface area contributed by atoms with Crippen LogP contribution < -0.4 is 0 Å². The average molecular weight is 362 g/mol. The van der Waals surface area contributed by atoms with Gasteiger partial charge in [0.25, 0.3) is 0 Å². The molecule has 0 aliphatic rings. The fourth-order valence-electron chi connectivity index (χ4n) is 1.77. The number of carbonyl (C=O) groups excluding carboxylic acids is 1. The minimum atomic E-state index is -0.650. The lowest BCUT2D eigenvalue weighted by Gasteiger charge is -1.97. The second-order valence-electron chi connectivity index (χ2n) is 4.53. The molecule has 0 unspecified atom stereocenters. The molecule has 3 rings (SSSR count). The van der Waals surface area contributed by atoms with Crippen molar-refractivity contribution in [3.05, 3.63) is 62.0 Å². The smallest absolute Gasteiger partial charge is 0.433 e. The SMILES string of the molecule is O=C(/C=C/c1ccc([N+](=O)[O-])o1)OCc1csc(-c2ccsc2)n1. The van der Waals surface area contributed by atoms with E-state index in [4.69, 9.17) is 9.15 Å². The van der Waals surface area contributed by atoms with Crippen LogP contribution in [-0.2, 0) is 16.1 Å². The van der Waals surface area contributed by atoms with Crippen LogP contribution >= 0.6 is 22.7 Å². The van der Waals surface area contributed by atoms with E-state index >= 15 is 0 Å². The van der Waals surface area contributed by atoms with Crippen LogP contribution in [0.5, 0.6) is 0 Å². The number of furan rings is 1. The van der Waals surface area contributed by atoms with Gasteiger partial charge in [0.05, 0.1) is 11.8 Å². The molecule has 7 nitrogen and oxygen atoms in total. The van der Waals surface area contributed by atoms with Gasteiger partial charge in [-0.2, -0.15) is 11.3 Å². The number of thiazole rings is 1. The number of ether oxygens (including phenoxy) is 1. The van der Waals surface area contributed by atoms with E-state index in [-0.39, 0.29) is 18.3 Å². The zero-order valence-electron chi connectivity index (χ0n) is 12.1. The third-order valence-corrected chi connectivity index (χ3v) is 4.48. The van der Waals surface area contributed by atoms with Gasteiger partial charge >= 0.3 is 11.9 Å². The van der Waals surface area contributed by atoms with Crippen molar-refractivity contribution in [1.82, 2.24) is 4.98 Å². The number of hydrogen-bond donors (Lipinski definition) is 0. The third-order valence-electron chi connectivity index (χ3n) is 2.86. The van der Waals surface area contributed by atoms with E-state index in [1.807, 2.05) is 22.2 Å². The summed E-state index contributed by atoms with van der Waals surface area (Å²) in [6.45, 7) is 0.0577. The van der Waals surface area contributed by atoms with Gasteiger partial charge in [-0.05, 0) is 23.6 Å². The van der Waals surface area contributed by atoms with E-state index in [1.54, 1.807) is 11.3 Å². The summed E-state index contributed by atoms with van der Waals surface area (Å²) in [6, 6.07) is 4.59. The van der Waals surface area contributed by atoms with Crippen molar-refractivity contribution >= 4 is 40.6 Å². The summed E-state index contributed by atoms with van der Waals surface area (Å²) in [6.07, 6.45) is 2.46. The Morgan fingerprint density at radius 1 is 1.38 bits per heavy atom. The number of aromatic nitrogens is 1. The van der Waals surface area contributed by atoms with E-state index < -0.39 is 10.9 Å². The lowest BCUT2D eigenvalue weighted by atomic mass is 10.3. The van der Waals surface area contributed by atoms with Crippen molar-refractivity contribution in [1.29, 1.82) is 0 Å². The fourth-order valence-corrected chi connectivity index (χ4v) is 3.28. The Morgan fingerprint density at radius 3 is 2.96 bits per heavy atom. The van der Waals surface area contributed by atoms with Gasteiger partial charge in [0.1, 0.15) is 22.3 Å². The quantitative estimate of drug-likeness (QED) is 0.283. The Morgan fingerprint density at radius 2 is 2.25 bits per heavy atom. The largest absolute Gasteiger partial charge is 0.456 e. The predicted octanol–water partition coefficient (Wildman–Crippen LogP) is 4.13. The molecule has 0 aliphatic heterocycles. The van der Waals surface area contributed by atoms with Crippen molar-refractivity contribution in [2.24, 2.45) is 0 Å². The second-order valence-corrected chi connectivity index (χ2v) is 6.17. The normalized spacial score (nSPS) is 11.0. The molecule has 0 bridgehead atoms. The first kappa shape index (κ1) is 16.1. The molecule has 0 spiro atoms. The van der Waals surface area contributed by atoms with Crippen LogP contribution in [0.2, 0.25) is 0 Å². The highest BCUT2D eigenvalue weighted by Crippen LogP contribution is 2.25. The molecule has 24 heavy (non-hydrogen) atoms. The number of thiophene rings is 1. The van der Waals surface area contributed by atoms with Crippen LogP contribution in [0.1, 0.15) is 11.5 Å². The van der Waals surface area contributed by atoms with Crippen LogP contribution in [0.15, 0.2) is 44.8 Å². The van der Waals surface area contributed by atoms with Gasteiger partial charge in [0.15, 0.2) is 0 Å². The van der Waals surface area contributed by atoms with E-state index in [1.165, 1.54) is 29.5 Å². The summed E-state index contributed by atoms with van der Waals surface area (Å²) in [7, 11) is 0. The van der Waals surface area contributed by atoms with Crippen LogP contribution in [0.4, 0.5) is 5.88 Å². The first-order valence-electron chi connectivity index (χ1n) is 6.68. The zero-order chi connectivity index (χ0) is 16.9. The van der Waals surface area contributed by atoms with Crippen LogP contribution in [-0.4, -0.2) is 15.9 Å². The molecule has 0 amide bonds. The zero-order valence-corrected chi connectivity index (χ0v) is 13.7. The Labute approximate surface area is 144 Å². The maximum atomic E-state index is 11.7. The highest BCUT2D eigenvalue weighted by molar-refractivity contribution is 7.14. The summed E-state index contributed by atoms with van der Waals surface area (Å²) in [4.78, 5) is 25.9. The van der Waals surface area contributed by atoms with Gasteiger partial charge < -0.3 is 9.15 Å². The molecular weight excluding hydrogens is 352 g/mol. The maximum absolute atomic E-state index is 11.7. The lowest BCUT2D eigenvalue weighted by Crippen LogP contribution is -2.00. The van der Waals surface area contributed by atoms with Crippen LogP contribution in [0.25, 0.3) is 16.6 Å². The van der Waals surface area contributed by atoms with Gasteiger partial charge in [-0.25, -0.2) is 9.78 Å². The topological polar surface area (TPSA) is 95.5 Å². The second kappa shape index (κ2) is 7.20. The summed E-state index contributed by atoms with van der Waals surface area (Å²) in [5.74, 6) is -0.766.